The van der Waals surface area contributed by atoms with Crippen LogP contribution in [-0.4, -0.2) is 20.9 Å². The van der Waals surface area contributed by atoms with Crippen molar-refractivity contribution in [1.29, 1.82) is 0 Å². The van der Waals surface area contributed by atoms with Crippen LogP contribution in [0.1, 0.15) is 21.7 Å². The molecular weight excluding hydrogens is 356 g/mol. The molecule has 0 atom stereocenters. The molecule has 3 rings (SSSR count). The van der Waals surface area contributed by atoms with E-state index in [-0.39, 0.29) is 5.91 Å². The number of hydrogen-bond donors (Lipinski definition) is 1. The fourth-order valence-corrected chi connectivity index (χ4v) is 2.53. The first-order chi connectivity index (χ1) is 11.0. The highest BCUT2D eigenvalue weighted by atomic mass is 79.9. The summed E-state index contributed by atoms with van der Waals surface area (Å²) in [5.74, 6) is -0.274. The van der Waals surface area contributed by atoms with Gasteiger partial charge in [-0.15, -0.1) is 5.10 Å². The summed E-state index contributed by atoms with van der Waals surface area (Å²) >= 11 is 3.36. The summed E-state index contributed by atoms with van der Waals surface area (Å²) in [5.41, 5.74) is 3.73. The SMILES string of the molecule is Cc1cccc(-n2nnc(C(=O)Nc3ccc(Br)cc3)c2C)c1. The highest BCUT2D eigenvalue weighted by Crippen LogP contribution is 2.17. The molecule has 0 aliphatic rings. The molecule has 0 aliphatic carbocycles. The second-order valence-electron chi connectivity index (χ2n) is 5.24. The van der Waals surface area contributed by atoms with E-state index in [9.17, 15) is 4.79 Å². The number of nitrogens with zero attached hydrogens (tertiary/aromatic N) is 3. The van der Waals surface area contributed by atoms with Crippen LogP contribution in [-0.2, 0) is 0 Å². The molecular formula is C17H15BrN4O. The summed E-state index contributed by atoms with van der Waals surface area (Å²) in [6.07, 6.45) is 0. The van der Waals surface area contributed by atoms with Gasteiger partial charge in [-0.3, -0.25) is 4.79 Å². The first-order valence-corrected chi connectivity index (χ1v) is 7.90. The number of nitrogens with one attached hydrogen (secondary N) is 1. The molecule has 3 aromatic rings. The fourth-order valence-electron chi connectivity index (χ4n) is 2.27. The number of amides is 1. The molecule has 5 nitrogen and oxygen atoms in total. The Morgan fingerprint density at radius 1 is 1.13 bits per heavy atom. The van der Waals surface area contributed by atoms with Crippen LogP contribution in [0, 0.1) is 13.8 Å². The highest BCUT2D eigenvalue weighted by Gasteiger charge is 2.17. The summed E-state index contributed by atoms with van der Waals surface area (Å²) in [7, 11) is 0. The minimum Gasteiger partial charge on any atom is -0.321 e. The number of aryl methyl sites for hydroxylation is 1. The lowest BCUT2D eigenvalue weighted by atomic mass is 10.2. The molecule has 0 aliphatic heterocycles. The standard InChI is InChI=1S/C17H15BrN4O/c1-11-4-3-5-15(10-11)22-12(2)16(20-21-22)17(23)19-14-8-6-13(18)7-9-14/h3-10H,1-2H3,(H,19,23). The van der Waals surface area contributed by atoms with Gasteiger partial charge in [0.1, 0.15) is 0 Å². The van der Waals surface area contributed by atoms with E-state index >= 15 is 0 Å². The van der Waals surface area contributed by atoms with E-state index in [0.717, 1.165) is 15.7 Å². The predicted octanol–water partition coefficient (Wildman–Crippen LogP) is 3.90. The lowest BCUT2D eigenvalue weighted by Gasteiger charge is -2.06. The van der Waals surface area contributed by atoms with Gasteiger partial charge >= 0.3 is 0 Å². The van der Waals surface area contributed by atoms with Crippen LogP contribution in [0.4, 0.5) is 5.69 Å². The molecule has 0 saturated carbocycles. The fraction of sp³-hybridized carbons (Fsp3) is 0.118. The Morgan fingerprint density at radius 3 is 2.57 bits per heavy atom. The second-order valence-corrected chi connectivity index (χ2v) is 6.15. The summed E-state index contributed by atoms with van der Waals surface area (Å²) in [5, 5.41) is 11.0. The van der Waals surface area contributed by atoms with Gasteiger partial charge in [-0.2, -0.15) is 0 Å². The van der Waals surface area contributed by atoms with E-state index in [1.54, 1.807) is 4.68 Å². The number of rotatable bonds is 3. The third-order valence-electron chi connectivity index (χ3n) is 3.46. The number of anilines is 1. The second kappa shape index (κ2) is 6.34. The molecule has 116 valence electrons. The molecule has 0 saturated heterocycles. The van der Waals surface area contributed by atoms with Crippen molar-refractivity contribution in [2.24, 2.45) is 0 Å². The van der Waals surface area contributed by atoms with Gasteiger partial charge < -0.3 is 5.32 Å². The number of aromatic nitrogens is 3. The van der Waals surface area contributed by atoms with E-state index in [4.69, 9.17) is 0 Å². The third-order valence-corrected chi connectivity index (χ3v) is 3.99. The topological polar surface area (TPSA) is 59.8 Å². The molecule has 23 heavy (non-hydrogen) atoms. The zero-order valence-electron chi connectivity index (χ0n) is 12.7. The van der Waals surface area contributed by atoms with Gasteiger partial charge in [0.25, 0.3) is 5.91 Å². The normalized spacial score (nSPS) is 10.6. The average molecular weight is 371 g/mol. The summed E-state index contributed by atoms with van der Waals surface area (Å²) in [6, 6.07) is 15.3. The van der Waals surface area contributed by atoms with Crippen LogP contribution in [0.25, 0.3) is 5.69 Å². The van der Waals surface area contributed by atoms with Crippen LogP contribution < -0.4 is 5.32 Å². The molecule has 0 radical (unpaired) electrons. The van der Waals surface area contributed by atoms with E-state index in [1.807, 2.05) is 62.4 Å². The molecule has 0 fully saturated rings. The highest BCUT2D eigenvalue weighted by molar-refractivity contribution is 9.10. The van der Waals surface area contributed by atoms with Gasteiger partial charge in [0, 0.05) is 10.2 Å². The van der Waals surface area contributed by atoms with E-state index in [0.29, 0.717) is 17.1 Å². The van der Waals surface area contributed by atoms with Gasteiger partial charge in [0.2, 0.25) is 0 Å². The zero-order chi connectivity index (χ0) is 16.4. The molecule has 1 N–H and O–H groups in total. The summed E-state index contributed by atoms with van der Waals surface area (Å²) in [4.78, 5) is 12.4. The maximum absolute atomic E-state index is 12.4. The van der Waals surface area contributed by atoms with E-state index < -0.39 is 0 Å². The van der Waals surface area contributed by atoms with Crippen LogP contribution in [0.3, 0.4) is 0 Å². The number of benzene rings is 2. The number of halogens is 1. The quantitative estimate of drug-likeness (QED) is 0.760. The third kappa shape index (κ3) is 3.32. The zero-order valence-corrected chi connectivity index (χ0v) is 14.3. The Labute approximate surface area is 142 Å². The van der Waals surface area contributed by atoms with Gasteiger partial charge in [0.15, 0.2) is 5.69 Å². The lowest BCUT2D eigenvalue weighted by Crippen LogP contribution is -2.14. The molecule has 0 spiro atoms. The maximum atomic E-state index is 12.4. The van der Waals surface area contributed by atoms with Crippen LogP contribution >= 0.6 is 15.9 Å². The van der Waals surface area contributed by atoms with Crippen LogP contribution in [0.15, 0.2) is 53.0 Å². The number of hydrogen-bond acceptors (Lipinski definition) is 3. The van der Waals surface area contributed by atoms with Crippen molar-refractivity contribution >= 4 is 27.5 Å². The van der Waals surface area contributed by atoms with Crippen molar-refractivity contribution in [3.05, 3.63) is 70.0 Å². The minimum absolute atomic E-state index is 0.274. The van der Waals surface area contributed by atoms with Crippen molar-refractivity contribution < 1.29 is 4.79 Å². The van der Waals surface area contributed by atoms with Crippen LogP contribution in [0.2, 0.25) is 0 Å². The molecule has 1 heterocycles. The molecule has 6 heteroatoms. The lowest BCUT2D eigenvalue weighted by molar-refractivity contribution is 0.102. The van der Waals surface area contributed by atoms with Gasteiger partial charge in [-0.25, -0.2) is 4.68 Å². The van der Waals surface area contributed by atoms with Crippen molar-refractivity contribution in [3.8, 4) is 5.69 Å². The molecule has 0 bridgehead atoms. The largest absolute Gasteiger partial charge is 0.321 e. The Morgan fingerprint density at radius 2 is 1.87 bits per heavy atom. The summed E-state index contributed by atoms with van der Waals surface area (Å²) in [6.45, 7) is 3.84. The molecule has 2 aromatic carbocycles. The Kier molecular flexibility index (Phi) is 4.25. The van der Waals surface area contributed by atoms with Crippen molar-refractivity contribution in [1.82, 2.24) is 15.0 Å². The Balaban J connectivity index is 1.86. The Hall–Kier alpha value is -2.47. The molecule has 0 unspecified atom stereocenters. The van der Waals surface area contributed by atoms with Crippen molar-refractivity contribution in [2.45, 2.75) is 13.8 Å². The van der Waals surface area contributed by atoms with Crippen LogP contribution in [0.5, 0.6) is 0 Å². The Bertz CT molecular complexity index is 855. The van der Waals surface area contributed by atoms with Gasteiger partial charge in [0.05, 0.1) is 11.4 Å². The van der Waals surface area contributed by atoms with E-state index in [2.05, 4.69) is 31.6 Å². The number of carbonyl (C=O) groups is 1. The monoisotopic (exact) mass is 370 g/mol. The van der Waals surface area contributed by atoms with E-state index in [1.165, 1.54) is 0 Å². The first kappa shape index (κ1) is 15.4. The average Bonchev–Trinajstić information content (AvgIpc) is 2.91. The number of carbonyl (C=O) groups excluding carboxylic acids is 1. The smallest absolute Gasteiger partial charge is 0.278 e. The molecule has 1 aromatic heterocycles. The maximum Gasteiger partial charge on any atom is 0.278 e. The molecule has 1 amide bonds. The van der Waals surface area contributed by atoms with Crippen molar-refractivity contribution in [2.75, 3.05) is 5.32 Å². The predicted molar refractivity (Wildman–Crippen MR) is 92.9 cm³/mol. The van der Waals surface area contributed by atoms with Crippen molar-refractivity contribution in [3.63, 3.8) is 0 Å². The minimum atomic E-state index is -0.274. The summed E-state index contributed by atoms with van der Waals surface area (Å²) < 4.78 is 2.63. The van der Waals surface area contributed by atoms with Gasteiger partial charge in [-0.1, -0.05) is 33.3 Å². The first-order valence-electron chi connectivity index (χ1n) is 7.11. The van der Waals surface area contributed by atoms with Gasteiger partial charge in [-0.05, 0) is 55.8 Å².